The molecule has 2 heterocycles. The highest BCUT2D eigenvalue weighted by Crippen LogP contribution is 2.36. The third-order valence-corrected chi connectivity index (χ3v) is 6.33. The lowest BCUT2D eigenvalue weighted by Crippen LogP contribution is -2.41. The van der Waals surface area contributed by atoms with Gasteiger partial charge in [-0.2, -0.15) is 19.1 Å². The van der Waals surface area contributed by atoms with Crippen LogP contribution in [0.4, 0.5) is 20.2 Å². The number of hydrogen-bond donors (Lipinski definition) is 1. The number of fused-ring (bicyclic) bond motifs is 1. The number of ether oxygens (including phenoxy) is 1. The predicted molar refractivity (Wildman–Crippen MR) is 155 cm³/mol. The normalized spacial score (nSPS) is 12.6. The molecule has 216 valence electrons. The second-order valence-electron chi connectivity index (χ2n) is 9.90. The molecule has 9 nitrogen and oxygen atoms in total. The Morgan fingerprint density at radius 1 is 1.02 bits per heavy atom. The van der Waals surface area contributed by atoms with Gasteiger partial charge in [0.15, 0.2) is 0 Å². The average Bonchev–Trinajstić information content (AvgIpc) is 3.40. The van der Waals surface area contributed by atoms with Crippen molar-refractivity contribution in [1.82, 2.24) is 14.7 Å². The Hall–Kier alpha value is -5.08. The number of anilines is 2. The van der Waals surface area contributed by atoms with Crippen molar-refractivity contribution >= 4 is 23.2 Å². The Kier molecular flexibility index (Phi) is 8.98. The largest absolute Gasteiger partial charge is 0.495 e. The predicted octanol–water partition coefficient (Wildman–Crippen LogP) is 4.99. The van der Waals surface area contributed by atoms with Crippen LogP contribution in [0.1, 0.15) is 37.5 Å². The van der Waals surface area contributed by atoms with E-state index < -0.39 is 17.7 Å². The fourth-order valence-electron chi connectivity index (χ4n) is 4.34. The second kappa shape index (κ2) is 12.6. The van der Waals surface area contributed by atoms with Crippen LogP contribution >= 0.6 is 0 Å². The molecule has 0 spiro atoms. The molecule has 1 aliphatic rings. The van der Waals surface area contributed by atoms with Crippen molar-refractivity contribution < 1.29 is 23.1 Å². The average molecular weight is 573 g/mol. The molecule has 1 N–H and O–H groups in total. The number of carbonyl (C=O) groups excluding carboxylic acids is 2. The molecule has 0 unspecified atom stereocenters. The minimum absolute atomic E-state index is 0.121. The van der Waals surface area contributed by atoms with E-state index in [-0.39, 0.29) is 40.2 Å². The number of hydrogen-bond acceptors (Lipinski definition) is 6. The summed E-state index contributed by atoms with van der Waals surface area (Å²) < 4.78 is 36.5. The molecule has 1 aliphatic heterocycles. The zero-order chi connectivity index (χ0) is 30.4. The molecule has 0 atom stereocenters. The van der Waals surface area contributed by atoms with Crippen molar-refractivity contribution in [1.29, 1.82) is 5.26 Å². The smallest absolute Gasteiger partial charge is 0.298 e. The Labute approximate surface area is 242 Å². The Morgan fingerprint density at radius 3 is 2.29 bits per heavy atom. The van der Waals surface area contributed by atoms with Crippen molar-refractivity contribution in [3.05, 3.63) is 107 Å². The first-order valence-corrected chi connectivity index (χ1v) is 13.0. The number of amides is 2. The summed E-state index contributed by atoms with van der Waals surface area (Å²) in [6.45, 7) is 0.624. The standard InChI is InChI=1S/C28H21F2N5O3.C3H9N/c1-38-24-12-7-18(15-19(24)16-31)26(36)33-23-17-32-35-14-13-34(27(37)25(23)35)22-10-8-21(9-11-22)28(29,30)20-5-3-2-4-6-20;1-4(2)3/h2-12,15,17H,13-14H2,1H3,(H,33,36);1-3H3. The van der Waals surface area contributed by atoms with Gasteiger partial charge < -0.3 is 19.9 Å². The van der Waals surface area contributed by atoms with Crippen molar-refractivity contribution in [2.24, 2.45) is 0 Å². The maximum absolute atomic E-state index is 14.9. The zero-order valence-electron chi connectivity index (χ0n) is 23.6. The molecule has 4 aromatic rings. The molecular formula is C31H30F2N6O3. The molecule has 1 aromatic heterocycles. The van der Waals surface area contributed by atoms with Crippen LogP contribution in [0.2, 0.25) is 0 Å². The van der Waals surface area contributed by atoms with Gasteiger partial charge in [-0.15, -0.1) is 0 Å². The second-order valence-corrected chi connectivity index (χ2v) is 9.90. The van der Waals surface area contributed by atoms with E-state index in [1.165, 1.54) is 77.5 Å². The minimum atomic E-state index is -3.19. The fourth-order valence-corrected chi connectivity index (χ4v) is 4.34. The van der Waals surface area contributed by atoms with Crippen molar-refractivity contribution in [3.8, 4) is 11.8 Å². The molecule has 11 heteroatoms. The van der Waals surface area contributed by atoms with E-state index in [1.54, 1.807) is 18.2 Å². The summed E-state index contributed by atoms with van der Waals surface area (Å²) in [5, 5.41) is 16.2. The highest BCUT2D eigenvalue weighted by molar-refractivity contribution is 6.13. The third-order valence-electron chi connectivity index (χ3n) is 6.33. The molecule has 0 aliphatic carbocycles. The van der Waals surface area contributed by atoms with Gasteiger partial charge in [-0.25, -0.2) is 0 Å². The van der Waals surface area contributed by atoms with Gasteiger partial charge in [0.05, 0.1) is 31.1 Å². The van der Waals surface area contributed by atoms with Gasteiger partial charge in [-0.1, -0.05) is 42.5 Å². The molecule has 42 heavy (non-hydrogen) atoms. The number of methoxy groups -OCH3 is 1. The summed E-state index contributed by atoms with van der Waals surface area (Å²) in [6, 6.07) is 19.5. The number of aromatic nitrogens is 2. The van der Waals surface area contributed by atoms with E-state index in [9.17, 15) is 23.6 Å². The van der Waals surface area contributed by atoms with Crippen molar-refractivity contribution in [2.45, 2.75) is 12.5 Å². The van der Waals surface area contributed by atoms with E-state index >= 15 is 0 Å². The molecule has 0 bridgehead atoms. The first-order valence-electron chi connectivity index (χ1n) is 13.0. The summed E-state index contributed by atoms with van der Waals surface area (Å²) in [6.07, 6.45) is 1.38. The van der Waals surface area contributed by atoms with E-state index in [2.05, 4.69) is 10.4 Å². The van der Waals surface area contributed by atoms with Crippen LogP contribution in [-0.2, 0) is 12.5 Å². The van der Waals surface area contributed by atoms with E-state index in [1.807, 2.05) is 32.1 Å². The van der Waals surface area contributed by atoms with E-state index in [4.69, 9.17) is 4.74 Å². The topological polar surface area (TPSA) is 103 Å². The molecular weight excluding hydrogens is 542 g/mol. The van der Waals surface area contributed by atoms with Gasteiger partial charge in [-0.05, 0) is 51.5 Å². The summed E-state index contributed by atoms with van der Waals surface area (Å²) in [5.74, 6) is -3.81. The summed E-state index contributed by atoms with van der Waals surface area (Å²) in [7, 11) is 7.43. The third kappa shape index (κ3) is 6.29. The first kappa shape index (κ1) is 29.9. The van der Waals surface area contributed by atoms with Crippen LogP contribution < -0.4 is 15.0 Å². The monoisotopic (exact) mass is 572 g/mol. The fraction of sp³-hybridized carbons (Fsp3) is 0.226. The van der Waals surface area contributed by atoms with Gasteiger partial charge in [0.1, 0.15) is 17.5 Å². The lowest BCUT2D eigenvalue weighted by molar-refractivity contribution is 0.0428. The molecule has 0 radical (unpaired) electrons. The van der Waals surface area contributed by atoms with Gasteiger partial charge in [0.2, 0.25) is 0 Å². The molecule has 0 saturated carbocycles. The Morgan fingerprint density at radius 2 is 1.67 bits per heavy atom. The first-order chi connectivity index (χ1) is 20.1. The maximum Gasteiger partial charge on any atom is 0.298 e. The van der Waals surface area contributed by atoms with Crippen molar-refractivity contribution in [2.75, 3.05) is 45.0 Å². The number of carbonyl (C=O) groups is 2. The SMILES string of the molecule is CN(C)C.COc1ccc(C(=O)Nc2cnn3c2C(=O)N(c2ccc(C(F)(F)c4ccccc4)cc2)CC3)cc1C#N. The Bertz CT molecular complexity index is 1610. The van der Waals surface area contributed by atoms with E-state index in [0.29, 0.717) is 18.0 Å². The van der Waals surface area contributed by atoms with Crippen LogP contribution in [0.15, 0.2) is 79.0 Å². The Balaban J connectivity index is 0.000000952. The highest BCUT2D eigenvalue weighted by Gasteiger charge is 2.35. The van der Waals surface area contributed by atoms with Crippen molar-refractivity contribution in [3.63, 3.8) is 0 Å². The van der Waals surface area contributed by atoms with Gasteiger partial charge in [-0.3, -0.25) is 14.3 Å². The summed E-state index contributed by atoms with van der Waals surface area (Å²) in [5.41, 5.74) is 0.902. The minimum Gasteiger partial charge on any atom is -0.495 e. The van der Waals surface area contributed by atoms with Crippen LogP contribution in [0.3, 0.4) is 0 Å². The number of nitriles is 1. The lowest BCUT2D eigenvalue weighted by Gasteiger charge is -2.28. The number of rotatable bonds is 6. The van der Waals surface area contributed by atoms with Gasteiger partial charge in [0, 0.05) is 28.9 Å². The molecule has 3 aromatic carbocycles. The molecule has 0 fully saturated rings. The molecule has 2 amide bonds. The lowest BCUT2D eigenvalue weighted by atomic mass is 10.00. The zero-order valence-corrected chi connectivity index (χ0v) is 23.6. The van der Waals surface area contributed by atoms with Crippen LogP contribution in [0.5, 0.6) is 5.75 Å². The van der Waals surface area contributed by atoms with Gasteiger partial charge in [0.25, 0.3) is 17.7 Å². The number of nitrogens with one attached hydrogen (secondary N) is 1. The highest BCUT2D eigenvalue weighted by atomic mass is 19.3. The van der Waals surface area contributed by atoms with E-state index in [0.717, 1.165) is 0 Å². The number of nitrogens with zero attached hydrogens (tertiary/aromatic N) is 5. The number of alkyl halides is 2. The molecule has 5 rings (SSSR count). The quantitative estimate of drug-likeness (QED) is 0.349. The number of halogens is 2. The van der Waals surface area contributed by atoms with Gasteiger partial charge >= 0.3 is 0 Å². The van der Waals surface area contributed by atoms with Crippen LogP contribution in [0.25, 0.3) is 0 Å². The van der Waals surface area contributed by atoms with Crippen LogP contribution in [-0.4, -0.2) is 61.3 Å². The number of benzene rings is 3. The maximum atomic E-state index is 14.9. The summed E-state index contributed by atoms with van der Waals surface area (Å²) >= 11 is 0. The molecule has 0 saturated heterocycles. The summed E-state index contributed by atoms with van der Waals surface area (Å²) in [4.78, 5) is 29.7. The van der Waals surface area contributed by atoms with Crippen LogP contribution in [0, 0.1) is 11.3 Å².